The Hall–Kier alpha value is -1.46. The van der Waals surface area contributed by atoms with Crippen molar-refractivity contribution >= 4 is 28.8 Å². The van der Waals surface area contributed by atoms with E-state index in [2.05, 4.69) is 12.2 Å². The average molecular weight is 280 g/mol. The second kappa shape index (κ2) is 7.86. The lowest BCUT2D eigenvalue weighted by Crippen LogP contribution is -2.28. The molecule has 0 spiro atoms. The summed E-state index contributed by atoms with van der Waals surface area (Å²) in [5.41, 5.74) is 6.99. The molecule has 1 amide bonds. The molecule has 0 fully saturated rings. The zero-order valence-electron chi connectivity index (χ0n) is 11.3. The number of amides is 1. The lowest BCUT2D eigenvalue weighted by Gasteiger charge is -2.13. The third kappa shape index (κ3) is 5.36. The lowest BCUT2D eigenvalue weighted by atomic mass is 10.2. The molecule has 1 aromatic rings. The third-order valence-corrected chi connectivity index (χ3v) is 2.91. The van der Waals surface area contributed by atoms with Crippen LogP contribution in [0.1, 0.15) is 32.3 Å². The lowest BCUT2D eigenvalue weighted by molar-refractivity contribution is -0.126. The molecule has 3 N–H and O–H groups in total. The van der Waals surface area contributed by atoms with Crippen molar-refractivity contribution < 1.29 is 9.53 Å². The first-order valence-corrected chi connectivity index (χ1v) is 6.77. The number of carbonyl (C=O) groups excluding carboxylic acids is 1. The second-order valence-corrected chi connectivity index (χ2v) is 4.74. The van der Waals surface area contributed by atoms with Gasteiger partial charge in [-0.25, -0.2) is 0 Å². The summed E-state index contributed by atoms with van der Waals surface area (Å²) >= 11 is 4.86. The van der Waals surface area contributed by atoms with E-state index in [4.69, 9.17) is 22.7 Å². The molecule has 0 heterocycles. The number of rotatable bonds is 7. The van der Waals surface area contributed by atoms with E-state index in [-0.39, 0.29) is 5.91 Å². The van der Waals surface area contributed by atoms with Crippen molar-refractivity contribution in [2.45, 2.75) is 32.8 Å². The SMILES string of the molecule is CCCCOC(C)C(=O)Nc1ccc(C(N)=S)cc1. The van der Waals surface area contributed by atoms with Crippen LogP contribution in [-0.2, 0) is 9.53 Å². The number of nitrogens with two attached hydrogens (primary N) is 1. The molecule has 1 atom stereocenters. The van der Waals surface area contributed by atoms with Gasteiger partial charge in [-0.1, -0.05) is 25.6 Å². The van der Waals surface area contributed by atoms with Crippen molar-refractivity contribution in [3.05, 3.63) is 29.8 Å². The fourth-order valence-corrected chi connectivity index (χ4v) is 1.58. The van der Waals surface area contributed by atoms with Gasteiger partial charge in [0.15, 0.2) is 0 Å². The molecule has 0 aliphatic heterocycles. The molecule has 0 saturated heterocycles. The minimum atomic E-state index is -0.457. The van der Waals surface area contributed by atoms with E-state index in [1.54, 1.807) is 31.2 Å². The number of ether oxygens (including phenoxy) is 1. The zero-order valence-corrected chi connectivity index (χ0v) is 12.1. The fourth-order valence-electron chi connectivity index (χ4n) is 1.44. The summed E-state index contributed by atoms with van der Waals surface area (Å²) in [5, 5.41) is 2.79. The van der Waals surface area contributed by atoms with Crippen molar-refractivity contribution in [2.24, 2.45) is 5.73 Å². The van der Waals surface area contributed by atoms with Gasteiger partial charge in [-0.05, 0) is 37.6 Å². The van der Waals surface area contributed by atoms with E-state index in [0.717, 1.165) is 18.4 Å². The van der Waals surface area contributed by atoms with Gasteiger partial charge in [-0.15, -0.1) is 0 Å². The Morgan fingerprint density at radius 2 is 2.05 bits per heavy atom. The molecule has 104 valence electrons. The van der Waals surface area contributed by atoms with Crippen molar-refractivity contribution in [2.75, 3.05) is 11.9 Å². The topological polar surface area (TPSA) is 64.3 Å². The smallest absolute Gasteiger partial charge is 0.253 e. The maximum atomic E-state index is 11.8. The molecule has 0 bridgehead atoms. The van der Waals surface area contributed by atoms with E-state index < -0.39 is 6.10 Å². The fraction of sp³-hybridized carbons (Fsp3) is 0.429. The van der Waals surface area contributed by atoms with Gasteiger partial charge in [0.1, 0.15) is 11.1 Å². The van der Waals surface area contributed by atoms with E-state index in [1.807, 2.05) is 0 Å². The molecular weight excluding hydrogens is 260 g/mol. The van der Waals surface area contributed by atoms with E-state index in [9.17, 15) is 4.79 Å². The van der Waals surface area contributed by atoms with Gasteiger partial charge >= 0.3 is 0 Å². The third-order valence-electron chi connectivity index (χ3n) is 2.67. The largest absolute Gasteiger partial charge is 0.389 e. The van der Waals surface area contributed by atoms with Crippen LogP contribution in [-0.4, -0.2) is 23.6 Å². The van der Waals surface area contributed by atoms with Gasteiger partial charge in [0.25, 0.3) is 5.91 Å². The Labute approximate surface area is 119 Å². The summed E-state index contributed by atoms with van der Waals surface area (Å²) in [6.07, 6.45) is 1.55. The van der Waals surface area contributed by atoms with E-state index in [0.29, 0.717) is 17.3 Å². The summed E-state index contributed by atoms with van der Waals surface area (Å²) < 4.78 is 5.43. The molecule has 1 unspecified atom stereocenters. The summed E-state index contributed by atoms with van der Waals surface area (Å²) in [4.78, 5) is 12.2. The highest BCUT2D eigenvalue weighted by atomic mass is 32.1. The predicted octanol–water partition coefficient (Wildman–Crippen LogP) is 2.46. The maximum absolute atomic E-state index is 11.8. The standard InChI is InChI=1S/C14H20N2O2S/c1-3-4-9-18-10(2)14(17)16-12-7-5-11(6-8-12)13(15)19/h5-8,10H,3-4,9H2,1-2H3,(H2,15,19)(H,16,17). The molecule has 19 heavy (non-hydrogen) atoms. The number of unbranched alkanes of at least 4 members (excludes halogenated alkanes) is 1. The number of anilines is 1. The van der Waals surface area contributed by atoms with Crippen LogP contribution in [0.25, 0.3) is 0 Å². The van der Waals surface area contributed by atoms with Crippen LogP contribution in [0.4, 0.5) is 5.69 Å². The molecule has 0 radical (unpaired) electrons. The van der Waals surface area contributed by atoms with Crippen LogP contribution in [0, 0.1) is 0 Å². The van der Waals surface area contributed by atoms with Gasteiger partial charge in [-0.2, -0.15) is 0 Å². The van der Waals surface area contributed by atoms with Gasteiger partial charge in [-0.3, -0.25) is 4.79 Å². The Balaban J connectivity index is 2.49. The average Bonchev–Trinajstić information content (AvgIpc) is 2.39. The first-order valence-electron chi connectivity index (χ1n) is 6.37. The zero-order chi connectivity index (χ0) is 14.3. The summed E-state index contributed by atoms with van der Waals surface area (Å²) in [6.45, 7) is 4.43. The highest BCUT2D eigenvalue weighted by molar-refractivity contribution is 7.80. The number of thiocarbonyl (C=S) groups is 1. The summed E-state index contributed by atoms with van der Waals surface area (Å²) in [5.74, 6) is -0.154. The van der Waals surface area contributed by atoms with Crippen LogP contribution < -0.4 is 11.1 Å². The maximum Gasteiger partial charge on any atom is 0.253 e. The summed E-state index contributed by atoms with van der Waals surface area (Å²) in [6, 6.07) is 7.09. The molecule has 0 aliphatic rings. The quantitative estimate of drug-likeness (QED) is 0.595. The normalized spacial score (nSPS) is 11.9. The van der Waals surface area contributed by atoms with Crippen molar-refractivity contribution in [1.82, 2.24) is 0 Å². The van der Waals surface area contributed by atoms with E-state index >= 15 is 0 Å². The van der Waals surface area contributed by atoms with Gasteiger partial charge < -0.3 is 15.8 Å². The van der Waals surface area contributed by atoms with Crippen molar-refractivity contribution in [3.8, 4) is 0 Å². The Morgan fingerprint density at radius 1 is 1.42 bits per heavy atom. The summed E-state index contributed by atoms with van der Waals surface area (Å²) in [7, 11) is 0. The number of hydrogen-bond acceptors (Lipinski definition) is 3. The van der Waals surface area contributed by atoms with Crippen LogP contribution in [0.5, 0.6) is 0 Å². The molecule has 1 aromatic carbocycles. The monoisotopic (exact) mass is 280 g/mol. The number of benzene rings is 1. The van der Waals surface area contributed by atoms with Crippen molar-refractivity contribution in [1.29, 1.82) is 0 Å². The Morgan fingerprint density at radius 3 is 2.58 bits per heavy atom. The molecule has 0 saturated carbocycles. The molecule has 4 nitrogen and oxygen atoms in total. The minimum absolute atomic E-state index is 0.154. The highest BCUT2D eigenvalue weighted by Crippen LogP contribution is 2.10. The first-order chi connectivity index (χ1) is 9.04. The van der Waals surface area contributed by atoms with Crippen LogP contribution in [0.2, 0.25) is 0 Å². The second-order valence-electron chi connectivity index (χ2n) is 4.30. The number of nitrogens with one attached hydrogen (secondary N) is 1. The van der Waals surface area contributed by atoms with Gasteiger partial charge in [0, 0.05) is 17.9 Å². The minimum Gasteiger partial charge on any atom is -0.389 e. The van der Waals surface area contributed by atoms with Gasteiger partial charge in [0.2, 0.25) is 0 Å². The van der Waals surface area contributed by atoms with E-state index in [1.165, 1.54) is 0 Å². The molecule has 0 aliphatic carbocycles. The van der Waals surface area contributed by atoms with Crippen LogP contribution in [0.15, 0.2) is 24.3 Å². The molecule has 5 heteroatoms. The highest BCUT2D eigenvalue weighted by Gasteiger charge is 2.13. The Bertz CT molecular complexity index is 432. The van der Waals surface area contributed by atoms with Gasteiger partial charge in [0.05, 0.1) is 0 Å². The molecular formula is C14H20N2O2S. The number of hydrogen-bond donors (Lipinski definition) is 2. The first kappa shape index (κ1) is 15.6. The van der Waals surface area contributed by atoms with Crippen LogP contribution in [0.3, 0.4) is 0 Å². The Kier molecular flexibility index (Phi) is 6.45. The predicted molar refractivity (Wildman–Crippen MR) is 81.3 cm³/mol. The van der Waals surface area contributed by atoms with Crippen LogP contribution >= 0.6 is 12.2 Å². The van der Waals surface area contributed by atoms with Crippen molar-refractivity contribution in [3.63, 3.8) is 0 Å². The number of carbonyl (C=O) groups is 1. The molecule has 0 aromatic heterocycles. The molecule has 1 rings (SSSR count).